The molecule has 0 atom stereocenters. The maximum Gasteiger partial charge on any atom is 0.319 e. The van der Waals surface area contributed by atoms with Crippen molar-refractivity contribution in [3.8, 4) is 0 Å². The number of carbonyl (C=O) groups is 1. The SMILES string of the molecule is Cc1c([N+](=O)[O-])c(C(F)F)nn1CC(=O)Nc1nn(Cc2ccccc2F)cc1Cl. The van der Waals surface area contributed by atoms with Crippen molar-refractivity contribution < 1.29 is 22.9 Å². The highest BCUT2D eigenvalue weighted by atomic mass is 35.5. The molecule has 3 rings (SSSR count). The van der Waals surface area contributed by atoms with Crippen LogP contribution in [0.2, 0.25) is 5.02 Å². The van der Waals surface area contributed by atoms with E-state index in [4.69, 9.17) is 11.6 Å². The third kappa shape index (κ3) is 4.43. The number of nitrogens with zero attached hydrogens (tertiary/aromatic N) is 5. The van der Waals surface area contributed by atoms with Gasteiger partial charge in [-0.1, -0.05) is 29.8 Å². The summed E-state index contributed by atoms with van der Waals surface area (Å²) in [7, 11) is 0. The highest BCUT2D eigenvalue weighted by molar-refractivity contribution is 6.33. The number of nitrogens with one attached hydrogen (secondary N) is 1. The molecule has 1 aromatic carbocycles. The van der Waals surface area contributed by atoms with E-state index in [1.165, 1.54) is 23.9 Å². The lowest BCUT2D eigenvalue weighted by atomic mass is 10.2. The zero-order chi connectivity index (χ0) is 22.0. The predicted molar refractivity (Wildman–Crippen MR) is 99.9 cm³/mol. The number of nitro groups is 1. The van der Waals surface area contributed by atoms with Gasteiger partial charge in [0.15, 0.2) is 5.82 Å². The molecule has 0 aliphatic heterocycles. The van der Waals surface area contributed by atoms with E-state index in [1.807, 2.05) is 0 Å². The highest BCUT2D eigenvalue weighted by Gasteiger charge is 2.31. The number of hydrogen-bond acceptors (Lipinski definition) is 5. The Morgan fingerprint density at radius 2 is 2.03 bits per heavy atom. The molecule has 13 heteroatoms. The number of carbonyl (C=O) groups excluding carboxylic acids is 1. The number of alkyl halides is 2. The molecule has 2 heterocycles. The van der Waals surface area contributed by atoms with E-state index in [0.29, 0.717) is 5.56 Å². The normalized spacial score (nSPS) is 11.1. The van der Waals surface area contributed by atoms with Gasteiger partial charge >= 0.3 is 5.69 Å². The summed E-state index contributed by atoms with van der Waals surface area (Å²) in [4.78, 5) is 22.3. The summed E-state index contributed by atoms with van der Waals surface area (Å²) in [5.41, 5.74) is -1.70. The molecular formula is C17H14ClF3N6O3. The van der Waals surface area contributed by atoms with Gasteiger partial charge < -0.3 is 5.32 Å². The molecule has 2 aromatic heterocycles. The minimum absolute atomic E-state index is 0.0357. The third-order valence-corrected chi connectivity index (χ3v) is 4.43. The van der Waals surface area contributed by atoms with Crippen molar-refractivity contribution >= 4 is 29.0 Å². The number of halogens is 4. The van der Waals surface area contributed by atoms with Crippen molar-refractivity contribution in [2.24, 2.45) is 0 Å². The molecule has 0 fully saturated rings. The summed E-state index contributed by atoms with van der Waals surface area (Å²) >= 11 is 6.04. The fourth-order valence-electron chi connectivity index (χ4n) is 2.76. The van der Waals surface area contributed by atoms with Crippen molar-refractivity contribution in [2.45, 2.75) is 26.4 Å². The summed E-state index contributed by atoms with van der Waals surface area (Å²) in [6.07, 6.45) is -1.79. The first-order valence-electron chi connectivity index (χ1n) is 8.43. The Hall–Kier alpha value is -3.41. The Kier molecular flexibility index (Phi) is 6.06. The molecule has 1 N–H and O–H groups in total. The van der Waals surface area contributed by atoms with Gasteiger partial charge in [-0.25, -0.2) is 13.2 Å². The van der Waals surface area contributed by atoms with Gasteiger partial charge in [-0.2, -0.15) is 10.2 Å². The first-order chi connectivity index (χ1) is 14.2. The van der Waals surface area contributed by atoms with Crippen LogP contribution < -0.4 is 5.32 Å². The molecule has 0 unspecified atom stereocenters. The summed E-state index contributed by atoms with van der Waals surface area (Å²) in [5.74, 6) is -1.21. The van der Waals surface area contributed by atoms with Crippen molar-refractivity contribution in [1.29, 1.82) is 0 Å². The monoisotopic (exact) mass is 442 g/mol. The second-order valence-corrected chi connectivity index (χ2v) is 6.60. The van der Waals surface area contributed by atoms with Gasteiger partial charge in [0.25, 0.3) is 6.43 Å². The van der Waals surface area contributed by atoms with E-state index in [9.17, 15) is 28.1 Å². The summed E-state index contributed by atoms with van der Waals surface area (Å²) in [5, 5.41) is 21.0. The van der Waals surface area contributed by atoms with Gasteiger partial charge in [0.05, 0.1) is 11.5 Å². The Bertz CT molecular complexity index is 1110. The van der Waals surface area contributed by atoms with Crippen LogP contribution in [0.3, 0.4) is 0 Å². The van der Waals surface area contributed by atoms with Crippen molar-refractivity contribution in [3.05, 3.63) is 68.4 Å². The average Bonchev–Trinajstić information content (AvgIpc) is 3.17. The zero-order valence-electron chi connectivity index (χ0n) is 15.4. The standard InChI is InChI=1S/C17H14ClF3N6O3/c1-9-15(27(29)30)14(16(20)21)23-26(9)8-13(28)22-17-11(18)7-25(24-17)6-10-4-2-3-5-12(10)19/h2-5,7,16H,6,8H2,1H3,(H,22,24,28). The maximum absolute atomic E-state index is 13.8. The van der Waals surface area contributed by atoms with E-state index in [0.717, 1.165) is 4.68 Å². The van der Waals surface area contributed by atoms with Gasteiger partial charge in [-0.3, -0.25) is 24.3 Å². The van der Waals surface area contributed by atoms with Crippen LogP contribution in [0.25, 0.3) is 0 Å². The lowest BCUT2D eigenvalue weighted by Gasteiger charge is -2.05. The molecular weight excluding hydrogens is 429 g/mol. The smallest absolute Gasteiger partial charge is 0.306 e. The van der Waals surface area contributed by atoms with Crippen LogP contribution in [-0.2, 0) is 17.9 Å². The minimum Gasteiger partial charge on any atom is -0.306 e. The number of benzene rings is 1. The quantitative estimate of drug-likeness (QED) is 0.443. The lowest BCUT2D eigenvalue weighted by Crippen LogP contribution is -2.21. The van der Waals surface area contributed by atoms with Crippen molar-refractivity contribution in [1.82, 2.24) is 19.6 Å². The molecule has 9 nitrogen and oxygen atoms in total. The van der Waals surface area contributed by atoms with Crippen LogP contribution >= 0.6 is 11.6 Å². The lowest BCUT2D eigenvalue weighted by molar-refractivity contribution is -0.386. The van der Waals surface area contributed by atoms with Gasteiger partial charge in [-0.15, -0.1) is 0 Å². The second kappa shape index (κ2) is 8.53. The molecule has 0 radical (unpaired) electrons. The van der Waals surface area contributed by atoms with Crippen molar-refractivity contribution in [3.63, 3.8) is 0 Å². The third-order valence-electron chi connectivity index (χ3n) is 4.15. The first-order valence-corrected chi connectivity index (χ1v) is 8.81. The largest absolute Gasteiger partial charge is 0.319 e. The Labute approximate surface area is 172 Å². The van der Waals surface area contributed by atoms with Gasteiger partial charge in [0, 0.05) is 11.8 Å². The molecule has 0 aliphatic carbocycles. The summed E-state index contributed by atoms with van der Waals surface area (Å²) < 4.78 is 41.9. The van der Waals surface area contributed by atoms with Crippen LogP contribution in [-0.4, -0.2) is 30.4 Å². The van der Waals surface area contributed by atoms with Gasteiger partial charge in [-0.05, 0) is 13.0 Å². The van der Waals surface area contributed by atoms with Crippen molar-refractivity contribution in [2.75, 3.05) is 5.32 Å². The van der Waals surface area contributed by atoms with E-state index in [2.05, 4.69) is 15.5 Å². The topological polar surface area (TPSA) is 108 Å². The number of rotatable bonds is 7. The fraction of sp³-hybridized carbons (Fsp3) is 0.235. The Morgan fingerprint density at radius 1 is 1.33 bits per heavy atom. The van der Waals surface area contributed by atoms with E-state index >= 15 is 0 Å². The predicted octanol–water partition coefficient (Wildman–Crippen LogP) is 3.71. The van der Waals surface area contributed by atoms with E-state index in [-0.39, 0.29) is 23.1 Å². The first kappa shape index (κ1) is 21.3. The Balaban J connectivity index is 1.74. The average molecular weight is 443 g/mol. The highest BCUT2D eigenvalue weighted by Crippen LogP contribution is 2.30. The van der Waals surface area contributed by atoms with E-state index < -0.39 is 41.0 Å². The molecule has 0 aliphatic rings. The van der Waals surface area contributed by atoms with Crippen LogP contribution in [0, 0.1) is 22.9 Å². The minimum atomic E-state index is -3.17. The maximum atomic E-state index is 13.8. The van der Waals surface area contributed by atoms with Crippen LogP contribution in [0.1, 0.15) is 23.4 Å². The van der Waals surface area contributed by atoms with Gasteiger partial charge in [0.1, 0.15) is 23.1 Å². The van der Waals surface area contributed by atoms with E-state index in [1.54, 1.807) is 18.2 Å². The number of aromatic nitrogens is 4. The molecule has 0 saturated carbocycles. The molecule has 30 heavy (non-hydrogen) atoms. The van der Waals surface area contributed by atoms with Crippen LogP contribution in [0.4, 0.5) is 24.7 Å². The molecule has 3 aromatic rings. The Morgan fingerprint density at radius 3 is 2.63 bits per heavy atom. The van der Waals surface area contributed by atoms with Gasteiger partial charge in [0.2, 0.25) is 11.6 Å². The molecule has 0 saturated heterocycles. The van der Waals surface area contributed by atoms with Crippen LogP contribution in [0.5, 0.6) is 0 Å². The number of anilines is 1. The second-order valence-electron chi connectivity index (χ2n) is 6.20. The van der Waals surface area contributed by atoms with Crippen LogP contribution in [0.15, 0.2) is 30.5 Å². The zero-order valence-corrected chi connectivity index (χ0v) is 16.1. The summed E-state index contributed by atoms with van der Waals surface area (Å²) in [6.45, 7) is 0.695. The fourth-order valence-corrected chi connectivity index (χ4v) is 2.96. The number of hydrogen-bond donors (Lipinski definition) is 1. The number of amides is 1. The molecule has 1 amide bonds. The molecule has 0 bridgehead atoms. The molecule has 0 spiro atoms. The summed E-state index contributed by atoms with van der Waals surface area (Å²) in [6, 6.07) is 6.06. The molecule has 158 valence electrons.